The van der Waals surface area contributed by atoms with Crippen molar-refractivity contribution in [2.45, 2.75) is 6.10 Å². The molecule has 0 saturated carbocycles. The molecule has 7 heteroatoms. The number of benzene rings is 2. The molecule has 1 fully saturated rings. The molecule has 1 unspecified atom stereocenters. The number of para-hydroxylation sites is 2. The van der Waals surface area contributed by atoms with Crippen LogP contribution in [0, 0.1) is 0 Å². The van der Waals surface area contributed by atoms with E-state index in [1.165, 1.54) is 17.1 Å². The molecule has 2 amide bonds. The molecule has 2 heterocycles. The Labute approximate surface area is 166 Å². The largest absolute Gasteiger partial charge is 0.442 e. The number of cyclic esters (lactones) is 1. The third-order valence-electron chi connectivity index (χ3n) is 4.64. The van der Waals surface area contributed by atoms with E-state index in [9.17, 15) is 14.4 Å². The third kappa shape index (κ3) is 4.19. The van der Waals surface area contributed by atoms with Crippen molar-refractivity contribution < 1.29 is 14.3 Å². The Morgan fingerprint density at radius 3 is 2.72 bits per heavy atom. The van der Waals surface area contributed by atoms with E-state index >= 15 is 0 Å². The molecule has 1 aliphatic heterocycles. The highest BCUT2D eigenvalue weighted by atomic mass is 16.6. The summed E-state index contributed by atoms with van der Waals surface area (Å²) in [5.74, 6) is -0.369. The van der Waals surface area contributed by atoms with Crippen molar-refractivity contribution in [3.8, 4) is 0 Å². The van der Waals surface area contributed by atoms with Gasteiger partial charge in [0.1, 0.15) is 6.10 Å². The highest BCUT2D eigenvalue weighted by Gasteiger charge is 2.32. The number of H-pyrrole nitrogens is 1. The molecule has 4 rings (SSSR count). The van der Waals surface area contributed by atoms with E-state index in [4.69, 9.17) is 4.74 Å². The average Bonchev–Trinajstić information content (AvgIpc) is 3.12. The van der Waals surface area contributed by atoms with Crippen molar-refractivity contribution >= 4 is 34.7 Å². The van der Waals surface area contributed by atoms with E-state index in [0.717, 1.165) is 16.6 Å². The van der Waals surface area contributed by atoms with Gasteiger partial charge in [-0.25, -0.2) is 4.79 Å². The quantitative estimate of drug-likeness (QED) is 0.657. The molecule has 1 aliphatic rings. The number of carbonyl (C=O) groups excluding carboxylic acids is 2. The van der Waals surface area contributed by atoms with Gasteiger partial charge >= 0.3 is 6.09 Å². The molecule has 1 saturated heterocycles. The maximum atomic E-state index is 12.1. The number of anilines is 1. The third-order valence-corrected chi connectivity index (χ3v) is 4.64. The molecule has 0 aliphatic carbocycles. The van der Waals surface area contributed by atoms with E-state index < -0.39 is 12.2 Å². The van der Waals surface area contributed by atoms with Crippen LogP contribution in [0.5, 0.6) is 0 Å². The monoisotopic (exact) mass is 389 g/mol. The SMILES string of the molecule is O=C(/C=C/c1cc2ccccc2[nH]c1=O)NCC1CN(c2ccccc2)C(=O)O1. The second-order valence-corrected chi connectivity index (χ2v) is 6.67. The van der Waals surface area contributed by atoms with E-state index in [1.807, 2.05) is 54.6 Å². The number of hydrogen-bond acceptors (Lipinski definition) is 4. The lowest BCUT2D eigenvalue weighted by atomic mass is 10.1. The minimum atomic E-state index is -0.441. The highest BCUT2D eigenvalue weighted by molar-refractivity contribution is 5.93. The van der Waals surface area contributed by atoms with Crippen molar-refractivity contribution in [1.82, 2.24) is 10.3 Å². The number of pyridine rings is 1. The van der Waals surface area contributed by atoms with E-state index in [2.05, 4.69) is 10.3 Å². The lowest BCUT2D eigenvalue weighted by Crippen LogP contribution is -2.33. The van der Waals surface area contributed by atoms with Crippen molar-refractivity contribution in [1.29, 1.82) is 0 Å². The Balaban J connectivity index is 1.35. The van der Waals surface area contributed by atoms with Crippen molar-refractivity contribution in [3.05, 3.63) is 82.7 Å². The summed E-state index contributed by atoms with van der Waals surface area (Å²) in [7, 11) is 0. The van der Waals surface area contributed by atoms with Gasteiger partial charge in [-0.1, -0.05) is 36.4 Å². The Morgan fingerprint density at radius 2 is 1.90 bits per heavy atom. The molecule has 29 heavy (non-hydrogen) atoms. The zero-order valence-electron chi connectivity index (χ0n) is 15.5. The lowest BCUT2D eigenvalue weighted by Gasteiger charge is -2.12. The molecule has 146 valence electrons. The van der Waals surface area contributed by atoms with Crippen LogP contribution >= 0.6 is 0 Å². The fourth-order valence-corrected chi connectivity index (χ4v) is 3.17. The van der Waals surface area contributed by atoms with Gasteiger partial charge in [0.25, 0.3) is 5.56 Å². The first-order chi connectivity index (χ1) is 14.1. The number of fused-ring (bicyclic) bond motifs is 1. The minimum absolute atomic E-state index is 0.187. The zero-order valence-corrected chi connectivity index (χ0v) is 15.5. The number of carbonyl (C=O) groups is 2. The molecular weight excluding hydrogens is 370 g/mol. The Bertz CT molecular complexity index is 1140. The Morgan fingerprint density at radius 1 is 1.14 bits per heavy atom. The molecule has 0 bridgehead atoms. The maximum Gasteiger partial charge on any atom is 0.414 e. The number of nitrogens with zero attached hydrogens (tertiary/aromatic N) is 1. The second kappa shape index (κ2) is 8.02. The van der Waals surface area contributed by atoms with Crippen LogP contribution in [0.3, 0.4) is 0 Å². The molecular formula is C22H19N3O4. The van der Waals surface area contributed by atoms with E-state index in [-0.39, 0.29) is 18.0 Å². The van der Waals surface area contributed by atoms with E-state index in [1.54, 1.807) is 6.07 Å². The van der Waals surface area contributed by atoms with Crippen LogP contribution in [-0.2, 0) is 9.53 Å². The molecule has 2 aromatic carbocycles. The number of hydrogen-bond donors (Lipinski definition) is 2. The zero-order chi connectivity index (χ0) is 20.2. The lowest BCUT2D eigenvalue weighted by molar-refractivity contribution is -0.116. The van der Waals surface area contributed by atoms with Crippen molar-refractivity contribution in [2.75, 3.05) is 18.0 Å². The second-order valence-electron chi connectivity index (χ2n) is 6.67. The van der Waals surface area contributed by atoms with Gasteiger partial charge in [0.2, 0.25) is 5.91 Å². The molecule has 0 spiro atoms. The van der Waals surface area contributed by atoms with Gasteiger partial charge in [-0.3, -0.25) is 14.5 Å². The van der Waals surface area contributed by atoms with Crippen molar-refractivity contribution in [2.24, 2.45) is 0 Å². The van der Waals surface area contributed by atoms with Gasteiger partial charge in [-0.2, -0.15) is 0 Å². The van der Waals surface area contributed by atoms with Gasteiger partial charge in [0.15, 0.2) is 0 Å². The summed E-state index contributed by atoms with van der Waals surface area (Å²) in [4.78, 5) is 40.6. The fourth-order valence-electron chi connectivity index (χ4n) is 3.17. The molecule has 2 N–H and O–H groups in total. The van der Waals surface area contributed by atoms with Crippen LogP contribution in [0.15, 0.2) is 71.5 Å². The number of ether oxygens (including phenoxy) is 1. The molecule has 0 radical (unpaired) electrons. The highest BCUT2D eigenvalue weighted by Crippen LogP contribution is 2.20. The first-order valence-electron chi connectivity index (χ1n) is 9.21. The van der Waals surface area contributed by atoms with Gasteiger partial charge in [0.05, 0.1) is 13.1 Å². The minimum Gasteiger partial charge on any atom is -0.442 e. The summed E-state index contributed by atoms with van der Waals surface area (Å²) in [5.41, 5.74) is 1.62. The molecule has 1 aromatic heterocycles. The van der Waals surface area contributed by atoms with Crippen LogP contribution in [-0.4, -0.2) is 36.2 Å². The summed E-state index contributed by atoms with van der Waals surface area (Å²) >= 11 is 0. The average molecular weight is 389 g/mol. The van der Waals surface area contributed by atoms with Gasteiger partial charge in [-0.15, -0.1) is 0 Å². The smallest absolute Gasteiger partial charge is 0.414 e. The molecule has 3 aromatic rings. The number of aromatic amines is 1. The summed E-state index contributed by atoms with van der Waals surface area (Å²) in [5, 5.41) is 3.58. The Kier molecular flexibility index (Phi) is 5.11. The predicted octanol–water partition coefficient (Wildman–Crippen LogP) is 2.68. The van der Waals surface area contributed by atoms with E-state index in [0.29, 0.717) is 12.1 Å². The van der Waals surface area contributed by atoms with Crippen LogP contribution in [0.4, 0.5) is 10.5 Å². The standard InChI is InChI=1S/C22H19N3O4/c26-20(11-10-16-12-15-6-4-5-9-19(15)24-21(16)27)23-13-18-14-25(22(28)29-18)17-7-2-1-3-8-17/h1-12,18H,13-14H2,(H,23,26)(H,24,27)/b11-10+. The number of nitrogens with one attached hydrogen (secondary N) is 2. The maximum absolute atomic E-state index is 12.1. The van der Waals surface area contributed by atoms with Gasteiger partial charge in [-0.05, 0) is 35.7 Å². The normalized spacial score (nSPS) is 16.3. The van der Waals surface area contributed by atoms with Crippen LogP contribution < -0.4 is 15.8 Å². The predicted molar refractivity (Wildman–Crippen MR) is 111 cm³/mol. The molecule has 1 atom stereocenters. The summed E-state index contributed by atoms with van der Waals surface area (Å²) in [6, 6.07) is 18.4. The number of amides is 2. The van der Waals surface area contributed by atoms with Crippen LogP contribution in [0.1, 0.15) is 5.56 Å². The fraction of sp³-hybridized carbons (Fsp3) is 0.136. The first kappa shape index (κ1) is 18.5. The van der Waals surface area contributed by atoms with Gasteiger partial charge < -0.3 is 15.0 Å². The number of rotatable bonds is 5. The topological polar surface area (TPSA) is 91.5 Å². The van der Waals surface area contributed by atoms with Gasteiger partial charge in [0, 0.05) is 22.8 Å². The summed E-state index contributed by atoms with van der Waals surface area (Å²) < 4.78 is 5.30. The first-order valence-corrected chi connectivity index (χ1v) is 9.21. The molecule has 7 nitrogen and oxygen atoms in total. The Hall–Kier alpha value is -3.87. The summed E-state index contributed by atoms with van der Waals surface area (Å²) in [6.45, 7) is 0.545. The van der Waals surface area contributed by atoms with Crippen LogP contribution in [0.2, 0.25) is 0 Å². The van der Waals surface area contributed by atoms with Crippen molar-refractivity contribution in [3.63, 3.8) is 0 Å². The van der Waals surface area contributed by atoms with Crippen LogP contribution in [0.25, 0.3) is 17.0 Å². The number of aromatic nitrogens is 1. The summed E-state index contributed by atoms with van der Waals surface area (Å²) in [6.07, 6.45) is 1.89.